The summed E-state index contributed by atoms with van der Waals surface area (Å²) in [6.45, 7) is 2.92. The Hall–Kier alpha value is -2.77. The van der Waals surface area contributed by atoms with Crippen molar-refractivity contribution in [1.82, 2.24) is 9.80 Å². The topological polar surface area (TPSA) is 80.7 Å². The molecule has 2 saturated heterocycles. The van der Waals surface area contributed by atoms with E-state index in [9.17, 15) is 9.59 Å². The molecule has 3 fully saturated rings. The third-order valence-electron chi connectivity index (χ3n) is 8.05. The summed E-state index contributed by atoms with van der Waals surface area (Å²) in [7, 11) is 1.64. The average molecular weight is 498 g/mol. The zero-order valence-corrected chi connectivity index (χ0v) is 21.5. The molecule has 3 aliphatic heterocycles. The predicted octanol–water partition coefficient (Wildman–Crippen LogP) is 4.29. The Morgan fingerprint density at radius 3 is 2.28 bits per heavy atom. The fourth-order valence-corrected chi connectivity index (χ4v) is 5.94. The smallest absolute Gasteiger partial charge is 0.270 e. The highest BCUT2D eigenvalue weighted by molar-refractivity contribution is 6.07. The lowest BCUT2D eigenvalue weighted by atomic mass is 9.88. The van der Waals surface area contributed by atoms with Gasteiger partial charge in [-0.2, -0.15) is 0 Å². The highest BCUT2D eigenvalue weighted by Crippen LogP contribution is 2.37. The second-order valence-corrected chi connectivity index (χ2v) is 10.7. The lowest BCUT2D eigenvalue weighted by Gasteiger charge is -2.36. The van der Waals surface area contributed by atoms with Gasteiger partial charge in [-0.25, -0.2) is 0 Å². The van der Waals surface area contributed by atoms with Gasteiger partial charge in [0.1, 0.15) is 0 Å². The van der Waals surface area contributed by atoms with E-state index < -0.39 is 5.60 Å². The molecule has 5 rings (SSSR count). The molecular formula is C28H39N3O5. The Labute approximate surface area is 213 Å². The molecule has 1 aromatic carbocycles. The number of carbonyl (C=O) groups excluding carboxylic acids is 2. The van der Waals surface area contributed by atoms with Crippen LogP contribution in [-0.4, -0.2) is 72.3 Å². The standard InChI is InChI=1S/C28H39N3O5/c1-34-24-13-12-21(18-25(24)35-22-10-4-5-11-22)23-19-28(36-29-23,27(33)31-16-8-3-9-17-31)20-26(32)30-14-6-2-7-15-30/h12-13,18,22H,2-11,14-17,19-20H2,1H3. The van der Waals surface area contributed by atoms with Crippen LogP contribution in [0.4, 0.5) is 0 Å². The van der Waals surface area contributed by atoms with E-state index in [1.807, 2.05) is 28.0 Å². The number of rotatable bonds is 7. The van der Waals surface area contributed by atoms with Gasteiger partial charge < -0.3 is 24.1 Å². The molecule has 4 aliphatic rings. The number of hydrogen-bond acceptors (Lipinski definition) is 6. The number of oxime groups is 1. The molecule has 0 N–H and O–H groups in total. The van der Waals surface area contributed by atoms with Crippen LogP contribution in [0.1, 0.15) is 82.6 Å². The Morgan fingerprint density at radius 2 is 1.61 bits per heavy atom. The maximum absolute atomic E-state index is 13.8. The molecule has 1 unspecified atom stereocenters. The molecule has 8 heteroatoms. The van der Waals surface area contributed by atoms with Gasteiger partial charge in [0.05, 0.1) is 25.3 Å². The first-order valence-corrected chi connectivity index (χ1v) is 13.8. The fourth-order valence-electron chi connectivity index (χ4n) is 5.94. The summed E-state index contributed by atoms with van der Waals surface area (Å²) in [5.41, 5.74) is 0.224. The minimum atomic E-state index is -1.28. The minimum Gasteiger partial charge on any atom is -0.493 e. The van der Waals surface area contributed by atoms with E-state index in [1.54, 1.807) is 7.11 Å². The van der Waals surface area contributed by atoms with E-state index in [4.69, 9.17) is 14.3 Å². The summed E-state index contributed by atoms with van der Waals surface area (Å²) >= 11 is 0. The highest BCUT2D eigenvalue weighted by Gasteiger charge is 2.51. The molecule has 0 spiro atoms. The van der Waals surface area contributed by atoms with E-state index >= 15 is 0 Å². The van der Waals surface area contributed by atoms with E-state index in [2.05, 4.69) is 5.16 Å². The molecule has 0 radical (unpaired) electrons. The summed E-state index contributed by atoms with van der Waals surface area (Å²) in [4.78, 5) is 36.9. The molecular weight excluding hydrogens is 458 g/mol. The molecule has 1 saturated carbocycles. The number of amides is 2. The van der Waals surface area contributed by atoms with Crippen LogP contribution in [0.3, 0.4) is 0 Å². The molecule has 1 aliphatic carbocycles. The quantitative estimate of drug-likeness (QED) is 0.561. The van der Waals surface area contributed by atoms with E-state index in [0.29, 0.717) is 30.3 Å². The number of piperidine rings is 2. The maximum Gasteiger partial charge on any atom is 0.270 e. The lowest BCUT2D eigenvalue weighted by Crippen LogP contribution is -2.53. The van der Waals surface area contributed by atoms with E-state index in [1.165, 1.54) is 12.8 Å². The number of likely N-dealkylation sites (tertiary alicyclic amines) is 2. The number of benzene rings is 1. The third kappa shape index (κ3) is 5.32. The van der Waals surface area contributed by atoms with E-state index in [0.717, 1.165) is 70.0 Å². The van der Waals surface area contributed by atoms with Crippen LogP contribution in [0.2, 0.25) is 0 Å². The number of methoxy groups -OCH3 is 1. The zero-order chi connectivity index (χ0) is 25.0. The van der Waals surface area contributed by atoms with Crippen molar-refractivity contribution in [3.8, 4) is 11.5 Å². The summed E-state index contributed by atoms with van der Waals surface area (Å²) in [6, 6.07) is 5.75. The van der Waals surface area contributed by atoms with Crippen molar-refractivity contribution in [3.63, 3.8) is 0 Å². The second-order valence-electron chi connectivity index (χ2n) is 10.7. The minimum absolute atomic E-state index is 0.0171. The SMILES string of the molecule is COc1ccc(C2=NOC(CC(=O)N3CCCCC3)(C(=O)N3CCCCC3)C2)cc1OC1CCCC1. The molecule has 2 amide bonds. The van der Waals surface area contributed by atoms with Crippen molar-refractivity contribution in [1.29, 1.82) is 0 Å². The van der Waals surface area contributed by atoms with Gasteiger partial charge in [0.15, 0.2) is 11.5 Å². The largest absolute Gasteiger partial charge is 0.493 e. The van der Waals surface area contributed by atoms with Gasteiger partial charge in [-0.3, -0.25) is 9.59 Å². The average Bonchev–Trinajstić information content (AvgIpc) is 3.60. The monoisotopic (exact) mass is 497 g/mol. The lowest BCUT2D eigenvalue weighted by molar-refractivity contribution is -0.162. The molecule has 8 nitrogen and oxygen atoms in total. The Balaban J connectivity index is 1.37. The van der Waals surface area contributed by atoms with E-state index in [-0.39, 0.29) is 30.8 Å². The van der Waals surface area contributed by atoms with Crippen molar-refractivity contribution >= 4 is 17.5 Å². The van der Waals surface area contributed by atoms with Gasteiger partial charge in [-0.05, 0) is 82.4 Å². The highest BCUT2D eigenvalue weighted by atomic mass is 16.7. The number of carbonyl (C=O) groups is 2. The van der Waals surface area contributed by atoms with Crippen LogP contribution >= 0.6 is 0 Å². The predicted molar refractivity (Wildman–Crippen MR) is 136 cm³/mol. The molecule has 0 bridgehead atoms. The van der Waals surface area contributed by atoms with Gasteiger partial charge >= 0.3 is 0 Å². The van der Waals surface area contributed by atoms with Crippen LogP contribution in [0, 0.1) is 0 Å². The van der Waals surface area contributed by atoms with Gasteiger partial charge in [-0.15, -0.1) is 0 Å². The van der Waals surface area contributed by atoms with Crippen molar-refractivity contribution in [2.24, 2.45) is 5.16 Å². The molecule has 36 heavy (non-hydrogen) atoms. The van der Waals surface area contributed by atoms with Gasteiger partial charge in [0, 0.05) is 38.2 Å². The maximum atomic E-state index is 13.8. The summed E-state index contributed by atoms with van der Waals surface area (Å²) in [5, 5.41) is 4.40. The fraction of sp³-hybridized carbons (Fsp3) is 0.679. The summed E-state index contributed by atoms with van der Waals surface area (Å²) < 4.78 is 11.8. The summed E-state index contributed by atoms with van der Waals surface area (Å²) in [6.07, 6.45) is 11.2. The normalized spacial score (nSPS) is 24.9. The molecule has 1 atom stereocenters. The Bertz CT molecular complexity index is 977. The van der Waals surface area contributed by atoms with Crippen LogP contribution < -0.4 is 9.47 Å². The van der Waals surface area contributed by atoms with Crippen LogP contribution in [0.15, 0.2) is 23.4 Å². The third-order valence-corrected chi connectivity index (χ3v) is 8.05. The number of nitrogens with zero attached hydrogens (tertiary/aromatic N) is 3. The van der Waals surface area contributed by atoms with Crippen LogP contribution in [0.5, 0.6) is 11.5 Å². The molecule has 3 heterocycles. The molecule has 196 valence electrons. The van der Waals surface area contributed by atoms with Crippen LogP contribution in [-0.2, 0) is 14.4 Å². The van der Waals surface area contributed by atoms with Gasteiger partial charge in [0.2, 0.25) is 11.5 Å². The number of ether oxygens (including phenoxy) is 2. The summed E-state index contributed by atoms with van der Waals surface area (Å²) in [5.74, 6) is 1.24. The Morgan fingerprint density at radius 1 is 0.944 bits per heavy atom. The first-order valence-electron chi connectivity index (χ1n) is 13.8. The van der Waals surface area contributed by atoms with Gasteiger partial charge in [-0.1, -0.05) is 5.16 Å². The van der Waals surface area contributed by atoms with Crippen molar-refractivity contribution in [2.45, 2.75) is 88.8 Å². The zero-order valence-electron chi connectivity index (χ0n) is 21.5. The molecule has 1 aromatic rings. The first kappa shape index (κ1) is 24.9. The number of hydrogen-bond donors (Lipinski definition) is 0. The Kier molecular flexibility index (Phi) is 7.67. The van der Waals surface area contributed by atoms with Crippen LogP contribution in [0.25, 0.3) is 0 Å². The van der Waals surface area contributed by atoms with Crippen molar-refractivity contribution in [3.05, 3.63) is 23.8 Å². The van der Waals surface area contributed by atoms with Gasteiger partial charge in [0.25, 0.3) is 5.91 Å². The first-order chi connectivity index (χ1) is 17.6. The van der Waals surface area contributed by atoms with Crippen molar-refractivity contribution in [2.75, 3.05) is 33.3 Å². The van der Waals surface area contributed by atoms with Crippen molar-refractivity contribution < 1.29 is 23.9 Å². The molecule has 0 aromatic heterocycles. The second kappa shape index (κ2) is 11.1.